The van der Waals surface area contributed by atoms with Crippen LogP contribution in [0.15, 0.2) is 48.5 Å². The molecule has 2 heteroatoms. The molecule has 0 aliphatic carbocycles. The third kappa shape index (κ3) is 5.44. The highest BCUT2D eigenvalue weighted by molar-refractivity contribution is 5.28. The van der Waals surface area contributed by atoms with E-state index in [1.165, 1.54) is 24.0 Å². The molecule has 0 spiro atoms. The van der Waals surface area contributed by atoms with Crippen molar-refractivity contribution in [2.75, 3.05) is 13.2 Å². The number of rotatable bonds is 9. The molecule has 0 saturated heterocycles. The van der Waals surface area contributed by atoms with E-state index in [1.54, 1.807) is 0 Å². The zero-order valence-corrected chi connectivity index (χ0v) is 13.7. The maximum Gasteiger partial charge on any atom is 0.119 e. The zero-order chi connectivity index (χ0) is 15.6. The molecule has 0 bridgehead atoms. The van der Waals surface area contributed by atoms with Crippen molar-refractivity contribution in [2.45, 2.75) is 39.5 Å². The Kier molecular flexibility index (Phi) is 6.82. The fourth-order valence-electron chi connectivity index (χ4n) is 2.50. The maximum atomic E-state index is 5.46. The SMILES string of the molecule is CCOc1ccc(CCCCc2ccc(OCC)cc2)cc1. The van der Waals surface area contributed by atoms with Crippen LogP contribution in [0.1, 0.15) is 37.8 Å². The van der Waals surface area contributed by atoms with Crippen LogP contribution in [-0.2, 0) is 12.8 Å². The van der Waals surface area contributed by atoms with Gasteiger partial charge in [-0.25, -0.2) is 0 Å². The quantitative estimate of drug-likeness (QED) is 0.603. The van der Waals surface area contributed by atoms with E-state index in [2.05, 4.69) is 48.5 Å². The molecule has 0 atom stereocenters. The van der Waals surface area contributed by atoms with Crippen LogP contribution in [0.2, 0.25) is 0 Å². The van der Waals surface area contributed by atoms with Gasteiger partial charge in [-0.2, -0.15) is 0 Å². The first-order valence-electron chi connectivity index (χ1n) is 8.25. The van der Waals surface area contributed by atoms with E-state index in [1.807, 2.05) is 13.8 Å². The maximum absolute atomic E-state index is 5.46. The van der Waals surface area contributed by atoms with Crippen molar-refractivity contribution >= 4 is 0 Å². The first kappa shape index (κ1) is 16.4. The van der Waals surface area contributed by atoms with Crippen molar-refractivity contribution in [1.82, 2.24) is 0 Å². The van der Waals surface area contributed by atoms with Gasteiger partial charge < -0.3 is 9.47 Å². The van der Waals surface area contributed by atoms with Crippen molar-refractivity contribution in [3.63, 3.8) is 0 Å². The molecule has 118 valence electrons. The Morgan fingerprint density at radius 3 is 1.27 bits per heavy atom. The van der Waals surface area contributed by atoms with E-state index >= 15 is 0 Å². The van der Waals surface area contributed by atoms with Crippen LogP contribution in [0.3, 0.4) is 0 Å². The Labute approximate surface area is 134 Å². The minimum absolute atomic E-state index is 0.724. The minimum Gasteiger partial charge on any atom is -0.494 e. The molecule has 2 aromatic carbocycles. The molecule has 0 aliphatic heterocycles. The van der Waals surface area contributed by atoms with Crippen molar-refractivity contribution < 1.29 is 9.47 Å². The summed E-state index contributed by atoms with van der Waals surface area (Å²) in [5.41, 5.74) is 2.77. The van der Waals surface area contributed by atoms with E-state index in [0.717, 1.165) is 37.6 Å². The van der Waals surface area contributed by atoms with Crippen LogP contribution < -0.4 is 9.47 Å². The predicted octanol–water partition coefficient (Wildman–Crippen LogP) is 5.05. The first-order chi connectivity index (χ1) is 10.8. The van der Waals surface area contributed by atoms with Gasteiger partial charge in [0.2, 0.25) is 0 Å². The Bertz CT molecular complexity index is 477. The van der Waals surface area contributed by atoms with Gasteiger partial charge in [0.1, 0.15) is 11.5 Å². The summed E-state index contributed by atoms with van der Waals surface area (Å²) in [5, 5.41) is 0. The number of aryl methyl sites for hydroxylation is 2. The Morgan fingerprint density at radius 2 is 0.955 bits per heavy atom. The molecule has 2 aromatic rings. The molecule has 0 radical (unpaired) electrons. The summed E-state index contributed by atoms with van der Waals surface area (Å²) in [6.45, 7) is 5.46. The minimum atomic E-state index is 0.724. The molecular weight excluding hydrogens is 272 g/mol. The van der Waals surface area contributed by atoms with Crippen LogP contribution in [0.25, 0.3) is 0 Å². The normalized spacial score (nSPS) is 10.5. The lowest BCUT2D eigenvalue weighted by Crippen LogP contribution is -1.93. The first-order valence-corrected chi connectivity index (χ1v) is 8.25. The zero-order valence-electron chi connectivity index (χ0n) is 13.7. The molecule has 2 rings (SSSR count). The van der Waals surface area contributed by atoms with Crippen LogP contribution in [-0.4, -0.2) is 13.2 Å². The van der Waals surface area contributed by atoms with E-state index in [0.29, 0.717) is 0 Å². The molecule has 0 amide bonds. The molecule has 22 heavy (non-hydrogen) atoms. The van der Waals surface area contributed by atoms with Gasteiger partial charge >= 0.3 is 0 Å². The number of hydrogen-bond acceptors (Lipinski definition) is 2. The smallest absolute Gasteiger partial charge is 0.119 e. The third-order valence-electron chi connectivity index (χ3n) is 3.65. The number of benzene rings is 2. The molecule has 0 unspecified atom stereocenters. The second-order valence-electron chi connectivity index (χ2n) is 5.36. The molecule has 0 aliphatic rings. The largest absolute Gasteiger partial charge is 0.494 e. The van der Waals surface area contributed by atoms with Crippen molar-refractivity contribution in [3.05, 3.63) is 59.7 Å². The summed E-state index contributed by atoms with van der Waals surface area (Å²) in [5.74, 6) is 1.92. The average Bonchev–Trinajstić information content (AvgIpc) is 2.55. The van der Waals surface area contributed by atoms with Crippen molar-refractivity contribution in [3.8, 4) is 11.5 Å². The summed E-state index contributed by atoms with van der Waals surface area (Å²) in [6.07, 6.45) is 4.68. The van der Waals surface area contributed by atoms with Crippen molar-refractivity contribution in [2.24, 2.45) is 0 Å². The molecule has 0 N–H and O–H groups in total. The Hall–Kier alpha value is -1.96. The van der Waals surface area contributed by atoms with Gasteiger partial charge in [-0.05, 0) is 74.9 Å². The van der Waals surface area contributed by atoms with Gasteiger partial charge in [-0.1, -0.05) is 24.3 Å². The summed E-state index contributed by atoms with van der Waals surface area (Å²) in [4.78, 5) is 0. The van der Waals surface area contributed by atoms with Gasteiger partial charge in [0.15, 0.2) is 0 Å². The fraction of sp³-hybridized carbons (Fsp3) is 0.400. The third-order valence-corrected chi connectivity index (χ3v) is 3.65. The standard InChI is InChI=1S/C20H26O2/c1-3-21-19-13-9-17(10-14-19)7-5-6-8-18-11-15-20(16-12-18)22-4-2/h9-16H,3-8H2,1-2H3. The van der Waals surface area contributed by atoms with Gasteiger partial charge in [0, 0.05) is 0 Å². The summed E-state index contributed by atoms with van der Waals surface area (Å²) in [6, 6.07) is 16.9. The number of hydrogen-bond donors (Lipinski definition) is 0. The molecule has 0 heterocycles. The van der Waals surface area contributed by atoms with Crippen LogP contribution in [0.5, 0.6) is 11.5 Å². The lowest BCUT2D eigenvalue weighted by atomic mass is 10.0. The summed E-state index contributed by atoms with van der Waals surface area (Å²) < 4.78 is 10.9. The molecule has 0 aromatic heterocycles. The predicted molar refractivity (Wildman–Crippen MR) is 91.9 cm³/mol. The fourth-order valence-corrected chi connectivity index (χ4v) is 2.50. The molecule has 2 nitrogen and oxygen atoms in total. The molecule has 0 saturated carbocycles. The number of ether oxygens (including phenoxy) is 2. The Morgan fingerprint density at radius 1 is 0.591 bits per heavy atom. The van der Waals surface area contributed by atoms with Crippen LogP contribution in [0.4, 0.5) is 0 Å². The lowest BCUT2D eigenvalue weighted by Gasteiger charge is -2.06. The van der Waals surface area contributed by atoms with Gasteiger partial charge in [0.05, 0.1) is 13.2 Å². The highest BCUT2D eigenvalue weighted by atomic mass is 16.5. The monoisotopic (exact) mass is 298 g/mol. The second-order valence-corrected chi connectivity index (χ2v) is 5.36. The molecule has 0 fully saturated rings. The summed E-state index contributed by atoms with van der Waals surface area (Å²) in [7, 11) is 0. The van der Waals surface area contributed by atoms with Crippen LogP contribution in [0, 0.1) is 0 Å². The van der Waals surface area contributed by atoms with Gasteiger partial charge in [-0.15, -0.1) is 0 Å². The number of unbranched alkanes of at least 4 members (excludes halogenated alkanes) is 1. The summed E-state index contributed by atoms with van der Waals surface area (Å²) >= 11 is 0. The molecular formula is C20H26O2. The van der Waals surface area contributed by atoms with E-state index in [9.17, 15) is 0 Å². The van der Waals surface area contributed by atoms with Crippen LogP contribution >= 0.6 is 0 Å². The second kappa shape index (κ2) is 9.14. The van der Waals surface area contributed by atoms with Crippen molar-refractivity contribution in [1.29, 1.82) is 0 Å². The van der Waals surface area contributed by atoms with E-state index < -0.39 is 0 Å². The topological polar surface area (TPSA) is 18.5 Å². The lowest BCUT2D eigenvalue weighted by molar-refractivity contribution is 0.340. The highest BCUT2D eigenvalue weighted by Gasteiger charge is 1.98. The Balaban J connectivity index is 1.70. The van der Waals surface area contributed by atoms with Gasteiger partial charge in [0.25, 0.3) is 0 Å². The van der Waals surface area contributed by atoms with E-state index in [4.69, 9.17) is 9.47 Å². The average molecular weight is 298 g/mol. The van der Waals surface area contributed by atoms with Gasteiger partial charge in [-0.3, -0.25) is 0 Å². The highest BCUT2D eigenvalue weighted by Crippen LogP contribution is 2.16. The van der Waals surface area contributed by atoms with E-state index in [-0.39, 0.29) is 0 Å².